The van der Waals surface area contributed by atoms with Crippen LogP contribution in [0.5, 0.6) is 0 Å². The Hall–Kier alpha value is -0.850. The Balaban J connectivity index is 4.53. The highest BCUT2D eigenvalue weighted by atomic mass is 14.9. The zero-order valence-electron chi connectivity index (χ0n) is 11.2. The lowest BCUT2D eigenvalue weighted by Crippen LogP contribution is -2.27. The molecule has 0 radical (unpaired) electrons. The molecule has 1 nitrogen and oxygen atoms in total. The Morgan fingerprint density at radius 3 is 2.00 bits per heavy atom. The highest BCUT2D eigenvalue weighted by Crippen LogP contribution is 2.38. The molecule has 0 spiro atoms. The van der Waals surface area contributed by atoms with Gasteiger partial charge in [-0.2, -0.15) is 4.58 Å². The van der Waals surface area contributed by atoms with Crippen molar-refractivity contribution < 1.29 is 4.58 Å². The molecule has 86 valence electrons. The van der Waals surface area contributed by atoms with E-state index in [0.717, 1.165) is 6.42 Å². The number of hydrogen-bond donors (Lipinski definition) is 0. The van der Waals surface area contributed by atoms with Crippen molar-refractivity contribution in [2.24, 2.45) is 10.8 Å². The van der Waals surface area contributed by atoms with E-state index in [2.05, 4.69) is 60.4 Å². The van der Waals surface area contributed by atoms with Crippen molar-refractivity contribution in [1.29, 1.82) is 0 Å². The second-order valence-corrected chi connectivity index (χ2v) is 5.59. The third-order valence-electron chi connectivity index (χ3n) is 3.15. The van der Waals surface area contributed by atoms with Crippen LogP contribution in [0.2, 0.25) is 0 Å². The zero-order valence-corrected chi connectivity index (χ0v) is 11.2. The van der Waals surface area contributed by atoms with Gasteiger partial charge < -0.3 is 0 Å². The lowest BCUT2D eigenvalue weighted by Gasteiger charge is -2.35. The summed E-state index contributed by atoms with van der Waals surface area (Å²) < 4.78 is 1.86. The Morgan fingerprint density at radius 2 is 1.60 bits per heavy atom. The molecule has 0 aliphatic carbocycles. The van der Waals surface area contributed by atoms with Crippen molar-refractivity contribution >= 4 is 6.72 Å². The van der Waals surface area contributed by atoms with E-state index in [1.165, 1.54) is 0 Å². The van der Waals surface area contributed by atoms with Gasteiger partial charge in [-0.05, 0) is 29.4 Å². The number of nitrogens with zero attached hydrogens (tertiary/aromatic N) is 1. The number of rotatable bonds is 4. The van der Waals surface area contributed by atoms with Gasteiger partial charge in [0.1, 0.15) is 6.72 Å². The van der Waals surface area contributed by atoms with Gasteiger partial charge in [0.25, 0.3) is 0 Å². The highest BCUT2D eigenvalue weighted by molar-refractivity contribution is 5.17. The Labute approximate surface area is 95.2 Å². The fourth-order valence-electron chi connectivity index (χ4n) is 0.823. The van der Waals surface area contributed by atoms with Crippen molar-refractivity contribution in [3.63, 3.8) is 0 Å². The van der Waals surface area contributed by atoms with Crippen LogP contribution in [-0.2, 0) is 0 Å². The van der Waals surface area contributed by atoms with Gasteiger partial charge >= 0.3 is 0 Å². The van der Waals surface area contributed by atoms with Crippen LogP contribution in [-0.4, -0.2) is 11.3 Å². The first kappa shape index (κ1) is 14.2. The van der Waals surface area contributed by atoms with Gasteiger partial charge in [-0.3, -0.25) is 0 Å². The van der Waals surface area contributed by atoms with E-state index >= 15 is 0 Å². The smallest absolute Gasteiger partial charge is 0.170 e. The Morgan fingerprint density at radius 1 is 1.07 bits per heavy atom. The maximum absolute atomic E-state index is 3.92. The van der Waals surface area contributed by atoms with Crippen LogP contribution in [0.1, 0.15) is 48.0 Å². The highest BCUT2D eigenvalue weighted by Gasteiger charge is 2.30. The summed E-state index contributed by atoms with van der Waals surface area (Å²) in [5, 5.41) is 0. The van der Waals surface area contributed by atoms with Gasteiger partial charge in [0, 0.05) is 0 Å². The third kappa shape index (κ3) is 4.96. The Kier molecular flexibility index (Phi) is 4.99. The standard InChI is InChI=1S/C14H26N/c1-8-9-11-15(7)12-10-14(5,6)13(2,3)4/h9-12H,7-8H2,1-6H3/q+1/b11-9-,12-10-. The van der Waals surface area contributed by atoms with Gasteiger partial charge in [0.05, 0.1) is 0 Å². The molecule has 0 bridgehead atoms. The van der Waals surface area contributed by atoms with Crippen LogP contribution in [0.15, 0.2) is 24.6 Å². The van der Waals surface area contributed by atoms with E-state index < -0.39 is 0 Å². The van der Waals surface area contributed by atoms with Crippen LogP contribution in [0.3, 0.4) is 0 Å². The molecular weight excluding hydrogens is 182 g/mol. The molecule has 0 heterocycles. The van der Waals surface area contributed by atoms with Crippen LogP contribution in [0, 0.1) is 10.8 Å². The molecule has 0 aromatic rings. The summed E-state index contributed by atoms with van der Waals surface area (Å²) in [5.74, 6) is 0. The van der Waals surface area contributed by atoms with E-state index in [9.17, 15) is 0 Å². The summed E-state index contributed by atoms with van der Waals surface area (Å²) in [7, 11) is 0. The molecule has 0 saturated carbocycles. The van der Waals surface area contributed by atoms with Crippen LogP contribution < -0.4 is 0 Å². The lowest BCUT2D eigenvalue weighted by molar-refractivity contribution is -0.368. The normalized spacial score (nSPS) is 14.0. The molecule has 0 aliphatic rings. The third-order valence-corrected chi connectivity index (χ3v) is 3.15. The molecule has 0 unspecified atom stereocenters. The molecule has 0 aromatic heterocycles. The summed E-state index contributed by atoms with van der Waals surface area (Å²) in [5.41, 5.74) is 0.432. The fourth-order valence-corrected chi connectivity index (χ4v) is 0.823. The second kappa shape index (κ2) is 5.29. The van der Waals surface area contributed by atoms with E-state index in [1.807, 2.05) is 17.0 Å². The fraction of sp³-hybridized carbons (Fsp3) is 0.643. The minimum Gasteiger partial charge on any atom is -0.181 e. The van der Waals surface area contributed by atoms with Gasteiger partial charge in [0.2, 0.25) is 0 Å². The lowest BCUT2D eigenvalue weighted by atomic mass is 9.69. The van der Waals surface area contributed by atoms with E-state index in [0.29, 0.717) is 0 Å². The first-order valence-corrected chi connectivity index (χ1v) is 5.65. The summed E-state index contributed by atoms with van der Waals surface area (Å²) >= 11 is 0. The molecule has 0 rings (SSSR count). The monoisotopic (exact) mass is 208 g/mol. The van der Waals surface area contributed by atoms with E-state index in [4.69, 9.17) is 0 Å². The minimum atomic E-state index is 0.170. The quantitative estimate of drug-likeness (QED) is 0.481. The summed E-state index contributed by atoms with van der Waals surface area (Å²) in [4.78, 5) is 0. The number of allylic oxidation sites excluding steroid dienone is 2. The van der Waals surface area contributed by atoms with Crippen molar-refractivity contribution in [3.05, 3.63) is 24.6 Å². The molecule has 0 amide bonds. The minimum absolute atomic E-state index is 0.170. The molecular formula is C14H26N+. The van der Waals surface area contributed by atoms with Crippen LogP contribution in [0.4, 0.5) is 0 Å². The molecule has 0 aromatic carbocycles. The average molecular weight is 208 g/mol. The maximum atomic E-state index is 3.92. The molecule has 0 saturated heterocycles. The van der Waals surface area contributed by atoms with Crippen molar-refractivity contribution in [2.45, 2.75) is 48.0 Å². The molecule has 0 N–H and O–H groups in total. The predicted molar refractivity (Wildman–Crippen MR) is 69.2 cm³/mol. The van der Waals surface area contributed by atoms with E-state index in [-0.39, 0.29) is 10.8 Å². The summed E-state index contributed by atoms with van der Waals surface area (Å²) in [6, 6.07) is 0. The molecule has 15 heavy (non-hydrogen) atoms. The van der Waals surface area contributed by atoms with Gasteiger partial charge in [0.15, 0.2) is 12.4 Å². The second-order valence-electron chi connectivity index (χ2n) is 5.59. The van der Waals surface area contributed by atoms with Crippen LogP contribution in [0.25, 0.3) is 0 Å². The zero-order chi connectivity index (χ0) is 12.1. The first-order valence-electron chi connectivity index (χ1n) is 5.65. The van der Waals surface area contributed by atoms with Crippen molar-refractivity contribution in [3.8, 4) is 0 Å². The summed E-state index contributed by atoms with van der Waals surface area (Å²) in [6.07, 6.45) is 9.40. The largest absolute Gasteiger partial charge is 0.181 e. The summed E-state index contributed by atoms with van der Waals surface area (Å²) in [6.45, 7) is 17.3. The SMILES string of the molecule is C=[N+](/C=C\CC)/C=C\C(C)(C)C(C)(C)C. The molecule has 0 aliphatic heterocycles. The predicted octanol–water partition coefficient (Wildman–Crippen LogP) is 4.21. The number of hydrogen-bond acceptors (Lipinski definition) is 0. The van der Waals surface area contributed by atoms with Crippen molar-refractivity contribution in [2.75, 3.05) is 0 Å². The first-order chi connectivity index (χ1) is 6.70. The average Bonchev–Trinajstić information content (AvgIpc) is 2.09. The molecule has 1 heteroatoms. The molecule has 0 fully saturated rings. The van der Waals surface area contributed by atoms with Gasteiger partial charge in [-0.25, -0.2) is 0 Å². The Bertz CT molecular complexity index is 262. The topological polar surface area (TPSA) is 3.01 Å². The van der Waals surface area contributed by atoms with Crippen molar-refractivity contribution in [1.82, 2.24) is 0 Å². The van der Waals surface area contributed by atoms with Gasteiger partial charge in [-0.15, -0.1) is 0 Å². The molecule has 0 atom stereocenters. The van der Waals surface area contributed by atoms with E-state index in [1.54, 1.807) is 0 Å². The van der Waals surface area contributed by atoms with Crippen LogP contribution >= 0.6 is 0 Å². The maximum Gasteiger partial charge on any atom is 0.170 e. The van der Waals surface area contributed by atoms with Gasteiger partial charge in [-0.1, -0.05) is 41.5 Å².